The lowest BCUT2D eigenvalue weighted by molar-refractivity contribution is -0.135. The van der Waals surface area contributed by atoms with Crippen LogP contribution < -0.4 is 5.32 Å². The summed E-state index contributed by atoms with van der Waals surface area (Å²) in [7, 11) is 0. The fraction of sp³-hybridized carbons (Fsp3) is 0.688. The van der Waals surface area contributed by atoms with Crippen LogP contribution in [-0.4, -0.2) is 58.9 Å². The zero-order valence-electron chi connectivity index (χ0n) is 14.3. The lowest BCUT2D eigenvalue weighted by Gasteiger charge is -2.36. The molecule has 0 unspecified atom stereocenters. The van der Waals surface area contributed by atoms with E-state index in [1.807, 2.05) is 11.1 Å². The molecule has 0 bridgehead atoms. The molecular formula is C16H26IN5OS. The summed E-state index contributed by atoms with van der Waals surface area (Å²) in [6.07, 6.45) is 5.28. The molecule has 1 aromatic rings. The van der Waals surface area contributed by atoms with Crippen LogP contribution in [0.5, 0.6) is 0 Å². The average Bonchev–Trinajstić information content (AvgIpc) is 3.29. The maximum Gasteiger partial charge on any atom is 0.242 e. The lowest BCUT2D eigenvalue weighted by atomic mass is 10.3. The molecule has 1 saturated heterocycles. The van der Waals surface area contributed by atoms with Gasteiger partial charge in [-0.1, -0.05) is 6.92 Å². The Morgan fingerprint density at radius 2 is 2.21 bits per heavy atom. The van der Waals surface area contributed by atoms with Crippen LogP contribution in [-0.2, 0) is 17.8 Å². The highest BCUT2D eigenvalue weighted by atomic mass is 127. The van der Waals surface area contributed by atoms with Gasteiger partial charge in [0.05, 0.1) is 13.1 Å². The van der Waals surface area contributed by atoms with E-state index in [1.54, 1.807) is 11.3 Å². The smallest absolute Gasteiger partial charge is 0.242 e. The molecule has 0 atom stereocenters. The third-order valence-corrected chi connectivity index (χ3v) is 5.32. The fourth-order valence-corrected chi connectivity index (χ4v) is 3.58. The molecule has 1 amide bonds. The van der Waals surface area contributed by atoms with Crippen molar-refractivity contribution in [1.82, 2.24) is 20.1 Å². The van der Waals surface area contributed by atoms with Crippen molar-refractivity contribution in [2.45, 2.75) is 45.7 Å². The molecule has 8 heteroatoms. The Labute approximate surface area is 164 Å². The van der Waals surface area contributed by atoms with Crippen LogP contribution in [0.3, 0.4) is 0 Å². The van der Waals surface area contributed by atoms with Gasteiger partial charge < -0.3 is 15.1 Å². The van der Waals surface area contributed by atoms with Crippen LogP contribution in [0.2, 0.25) is 0 Å². The minimum atomic E-state index is 0. The van der Waals surface area contributed by atoms with Gasteiger partial charge in [-0.05, 0) is 26.2 Å². The van der Waals surface area contributed by atoms with E-state index in [1.165, 1.54) is 17.7 Å². The summed E-state index contributed by atoms with van der Waals surface area (Å²) in [4.78, 5) is 26.8. The molecule has 1 saturated carbocycles. The van der Waals surface area contributed by atoms with Gasteiger partial charge in [-0.15, -0.1) is 35.3 Å². The molecule has 2 fully saturated rings. The number of carbonyl (C=O) groups excluding carboxylic acids is 1. The number of aliphatic imine (C=N–C) groups is 1. The van der Waals surface area contributed by atoms with Crippen LogP contribution >= 0.6 is 35.3 Å². The minimum Gasteiger partial charge on any atom is -0.356 e. The fourth-order valence-electron chi connectivity index (χ4n) is 2.79. The number of aromatic nitrogens is 1. The number of carbonyl (C=O) groups is 1. The molecule has 2 aliphatic rings. The van der Waals surface area contributed by atoms with Crippen molar-refractivity contribution in [3.8, 4) is 0 Å². The molecular weight excluding hydrogens is 437 g/mol. The first-order chi connectivity index (χ1) is 11.2. The Bertz CT molecular complexity index is 587. The molecule has 134 valence electrons. The summed E-state index contributed by atoms with van der Waals surface area (Å²) in [5.41, 5.74) is 0. The number of aryl methyl sites for hydroxylation is 1. The van der Waals surface area contributed by atoms with Gasteiger partial charge in [0.15, 0.2) is 5.96 Å². The molecule has 0 radical (unpaired) electrons. The molecule has 1 aliphatic heterocycles. The number of halogens is 1. The molecule has 1 aliphatic carbocycles. The van der Waals surface area contributed by atoms with Crippen molar-refractivity contribution in [1.29, 1.82) is 0 Å². The van der Waals surface area contributed by atoms with Crippen molar-refractivity contribution in [2.24, 2.45) is 4.99 Å². The molecule has 1 N–H and O–H groups in total. The largest absolute Gasteiger partial charge is 0.356 e. The monoisotopic (exact) mass is 463 g/mol. The van der Waals surface area contributed by atoms with Crippen molar-refractivity contribution >= 4 is 47.2 Å². The van der Waals surface area contributed by atoms with Gasteiger partial charge in [-0.3, -0.25) is 4.79 Å². The van der Waals surface area contributed by atoms with Crippen LogP contribution in [0.25, 0.3) is 0 Å². The van der Waals surface area contributed by atoms with Crippen molar-refractivity contribution in [3.63, 3.8) is 0 Å². The number of hydrogen-bond acceptors (Lipinski definition) is 4. The van der Waals surface area contributed by atoms with E-state index >= 15 is 0 Å². The number of nitrogens with zero attached hydrogens (tertiary/aromatic N) is 4. The number of thiazole rings is 1. The summed E-state index contributed by atoms with van der Waals surface area (Å²) in [5.74, 6) is 1.05. The predicted molar refractivity (Wildman–Crippen MR) is 108 cm³/mol. The molecule has 1 aromatic heterocycles. The Kier molecular flexibility index (Phi) is 7.27. The van der Waals surface area contributed by atoms with Gasteiger partial charge in [0.2, 0.25) is 5.91 Å². The SMILES string of the molecule is CCNC(=NCc1ncc(CC)s1)N1CCN(C2CC2)C(=O)C1.I. The Balaban J connectivity index is 0.00000208. The number of hydrogen-bond donors (Lipinski definition) is 1. The number of rotatable bonds is 5. The lowest BCUT2D eigenvalue weighted by Crippen LogP contribution is -2.55. The van der Waals surface area contributed by atoms with Gasteiger partial charge in [0.25, 0.3) is 0 Å². The summed E-state index contributed by atoms with van der Waals surface area (Å²) in [6, 6.07) is 0.506. The van der Waals surface area contributed by atoms with E-state index < -0.39 is 0 Å². The third kappa shape index (κ3) is 4.81. The van der Waals surface area contributed by atoms with Crippen LogP contribution in [0.1, 0.15) is 36.6 Å². The van der Waals surface area contributed by atoms with Gasteiger partial charge in [0.1, 0.15) is 5.01 Å². The minimum absolute atomic E-state index is 0. The summed E-state index contributed by atoms with van der Waals surface area (Å²) >= 11 is 1.71. The second-order valence-electron chi connectivity index (χ2n) is 5.98. The Hall–Kier alpha value is -0.900. The molecule has 2 heterocycles. The van der Waals surface area contributed by atoms with Gasteiger partial charge in [-0.2, -0.15) is 0 Å². The average molecular weight is 463 g/mol. The number of amides is 1. The first-order valence-corrected chi connectivity index (χ1v) is 9.29. The second-order valence-corrected chi connectivity index (χ2v) is 7.18. The molecule has 0 spiro atoms. The third-order valence-electron chi connectivity index (χ3n) is 4.19. The van der Waals surface area contributed by atoms with Crippen molar-refractivity contribution in [2.75, 3.05) is 26.2 Å². The summed E-state index contributed by atoms with van der Waals surface area (Å²) in [5, 5.41) is 4.33. The highest BCUT2D eigenvalue weighted by Gasteiger charge is 2.36. The molecule has 3 rings (SSSR count). The normalized spacial score (nSPS) is 18.6. The number of piperazine rings is 1. The highest BCUT2D eigenvalue weighted by molar-refractivity contribution is 14.0. The Morgan fingerprint density at radius 3 is 2.79 bits per heavy atom. The summed E-state index contributed by atoms with van der Waals surface area (Å²) < 4.78 is 0. The first-order valence-electron chi connectivity index (χ1n) is 8.47. The van der Waals surface area contributed by atoms with E-state index in [-0.39, 0.29) is 29.9 Å². The van der Waals surface area contributed by atoms with E-state index in [4.69, 9.17) is 0 Å². The molecule has 0 aromatic carbocycles. The van der Waals surface area contributed by atoms with Crippen LogP contribution in [0.4, 0.5) is 0 Å². The molecule has 6 nitrogen and oxygen atoms in total. The van der Waals surface area contributed by atoms with Gasteiger partial charge in [0, 0.05) is 36.8 Å². The standard InChI is InChI=1S/C16H25N5OS.HI/c1-3-13-9-18-14(23-13)10-19-16(17-4-2)20-7-8-21(12-5-6-12)15(22)11-20;/h9,12H,3-8,10-11H2,1-2H3,(H,17,19);1H. The predicted octanol–water partition coefficient (Wildman–Crippen LogP) is 2.10. The number of guanidine groups is 1. The highest BCUT2D eigenvalue weighted by Crippen LogP contribution is 2.28. The van der Waals surface area contributed by atoms with E-state index in [0.29, 0.717) is 19.1 Å². The second kappa shape index (κ2) is 8.98. The van der Waals surface area contributed by atoms with E-state index in [2.05, 4.69) is 34.0 Å². The van der Waals surface area contributed by atoms with Gasteiger partial charge in [-0.25, -0.2) is 9.98 Å². The number of nitrogens with one attached hydrogen (secondary N) is 1. The van der Waals surface area contributed by atoms with E-state index in [9.17, 15) is 4.79 Å². The van der Waals surface area contributed by atoms with E-state index in [0.717, 1.165) is 37.0 Å². The Morgan fingerprint density at radius 1 is 1.42 bits per heavy atom. The maximum absolute atomic E-state index is 12.3. The maximum atomic E-state index is 12.3. The van der Waals surface area contributed by atoms with Crippen LogP contribution in [0, 0.1) is 0 Å². The van der Waals surface area contributed by atoms with Crippen molar-refractivity contribution < 1.29 is 4.79 Å². The zero-order chi connectivity index (χ0) is 16.2. The van der Waals surface area contributed by atoms with Crippen molar-refractivity contribution in [3.05, 3.63) is 16.1 Å². The first kappa shape index (κ1) is 19.4. The zero-order valence-corrected chi connectivity index (χ0v) is 17.5. The van der Waals surface area contributed by atoms with Crippen LogP contribution in [0.15, 0.2) is 11.2 Å². The molecule has 24 heavy (non-hydrogen) atoms. The van der Waals surface area contributed by atoms with Gasteiger partial charge >= 0.3 is 0 Å². The topological polar surface area (TPSA) is 60.8 Å². The quantitative estimate of drug-likeness (QED) is 0.413. The summed E-state index contributed by atoms with van der Waals surface area (Å²) in [6.45, 7) is 7.65.